The van der Waals surface area contributed by atoms with E-state index < -0.39 is 9.93 Å². The van der Waals surface area contributed by atoms with E-state index >= 15 is 0 Å². The summed E-state index contributed by atoms with van der Waals surface area (Å²) in [6, 6.07) is 0. The third kappa shape index (κ3) is 1.27. The Morgan fingerprint density at radius 2 is 1.86 bits per heavy atom. The Hall–Kier alpha value is 0.0500. The molecule has 2 atom stereocenters. The van der Waals surface area contributed by atoms with Gasteiger partial charge in [-0.25, -0.2) is 0 Å². The second kappa shape index (κ2) is 2.59. The quantitative estimate of drug-likeness (QED) is 0.517. The fourth-order valence-electron chi connectivity index (χ4n) is 2.61. The van der Waals surface area contributed by atoms with E-state index in [0.29, 0.717) is 6.42 Å². The fraction of sp³-hybridized carbons (Fsp3) is 0.900. The molecule has 2 unspecified atom stereocenters. The number of hydrogen-bond acceptors (Lipinski definition) is 2. The second-order valence-corrected chi connectivity index (χ2v) is 6.62. The molecule has 1 saturated heterocycles. The van der Waals surface area contributed by atoms with Gasteiger partial charge in [0.1, 0.15) is 9.93 Å². The smallest absolute Gasteiger partial charge is 0.306 e. The Morgan fingerprint density at radius 1 is 1.36 bits per heavy atom. The normalized spacial score (nSPS) is 43.5. The molecule has 0 radical (unpaired) electrons. The zero-order valence-electron chi connectivity index (χ0n) is 8.56. The number of rotatable bonds is 1. The third-order valence-corrected chi connectivity index (χ3v) is 4.79. The number of cyclic esters (lactones) is 1. The van der Waals surface area contributed by atoms with Crippen molar-refractivity contribution < 1.29 is 9.53 Å². The lowest BCUT2D eigenvalue weighted by Gasteiger charge is -2.30. The predicted molar refractivity (Wildman–Crippen MR) is 55.4 cm³/mol. The molecule has 2 aliphatic rings. The number of carbonyl (C=O) groups is 1. The van der Waals surface area contributed by atoms with E-state index in [2.05, 4.69) is 0 Å². The summed E-state index contributed by atoms with van der Waals surface area (Å²) in [6.45, 7) is 5.88. The number of ether oxygens (including phenoxy) is 1. The highest BCUT2D eigenvalue weighted by Crippen LogP contribution is 2.71. The maximum absolute atomic E-state index is 11.2. The van der Waals surface area contributed by atoms with Gasteiger partial charge in [0.2, 0.25) is 0 Å². The summed E-state index contributed by atoms with van der Waals surface area (Å²) in [4.78, 5) is 11.2. The molecular weight excluding hydrogens is 223 g/mol. The van der Waals surface area contributed by atoms with Gasteiger partial charge in [0.05, 0.1) is 6.42 Å². The summed E-state index contributed by atoms with van der Waals surface area (Å²) in [5.41, 5.74) is -0.608. The van der Waals surface area contributed by atoms with Crippen molar-refractivity contribution in [3.63, 3.8) is 0 Å². The molecule has 0 aromatic carbocycles. The average molecular weight is 237 g/mol. The Balaban J connectivity index is 2.25. The number of esters is 1. The highest BCUT2D eigenvalue weighted by atomic mass is 35.5. The Labute approximate surface area is 93.9 Å². The molecule has 14 heavy (non-hydrogen) atoms. The minimum absolute atomic E-state index is 0.123. The molecule has 0 N–H and O–H groups in total. The standard InChI is InChI=1S/C10H14Cl2O2/c1-8(2)6(4-7(13)14-8)9(3)5-10(9,11)12/h6H,4-5H2,1-3H3. The molecule has 0 aromatic heterocycles. The highest BCUT2D eigenvalue weighted by molar-refractivity contribution is 6.51. The summed E-state index contributed by atoms with van der Waals surface area (Å²) in [6.07, 6.45) is 1.18. The molecular formula is C10H14Cl2O2. The van der Waals surface area contributed by atoms with Gasteiger partial charge in [-0.05, 0) is 20.3 Å². The molecule has 0 bridgehead atoms. The average Bonchev–Trinajstić information content (AvgIpc) is 2.28. The zero-order chi connectivity index (χ0) is 10.8. The van der Waals surface area contributed by atoms with Crippen LogP contribution in [0.2, 0.25) is 0 Å². The number of carbonyl (C=O) groups excluding carboxylic acids is 1. The van der Waals surface area contributed by atoms with Crippen LogP contribution >= 0.6 is 23.2 Å². The van der Waals surface area contributed by atoms with Crippen molar-refractivity contribution in [2.24, 2.45) is 11.3 Å². The lowest BCUT2D eigenvalue weighted by atomic mass is 9.78. The molecule has 1 aliphatic heterocycles. The summed E-state index contributed by atoms with van der Waals surface area (Å²) in [5, 5.41) is 0. The first-order valence-electron chi connectivity index (χ1n) is 4.79. The number of halogens is 2. The molecule has 2 fully saturated rings. The molecule has 0 spiro atoms. The molecule has 0 aromatic rings. The second-order valence-electron chi connectivity index (χ2n) is 5.13. The summed E-state index contributed by atoms with van der Waals surface area (Å²) in [5.74, 6) is -0.0187. The first kappa shape index (κ1) is 10.6. The lowest BCUT2D eigenvalue weighted by Crippen LogP contribution is -2.35. The maximum atomic E-state index is 11.2. The van der Waals surface area contributed by atoms with E-state index in [1.54, 1.807) is 0 Å². The van der Waals surface area contributed by atoms with E-state index in [9.17, 15) is 4.79 Å². The Bertz CT molecular complexity index is 298. The van der Waals surface area contributed by atoms with Crippen LogP contribution in [0.25, 0.3) is 0 Å². The van der Waals surface area contributed by atoms with Crippen molar-refractivity contribution in [1.29, 1.82) is 0 Å². The van der Waals surface area contributed by atoms with Gasteiger partial charge in [-0.2, -0.15) is 0 Å². The summed E-state index contributed by atoms with van der Waals surface area (Å²) >= 11 is 12.2. The van der Waals surface area contributed by atoms with Crippen molar-refractivity contribution in [3.8, 4) is 0 Å². The van der Waals surface area contributed by atoms with Crippen LogP contribution in [0.5, 0.6) is 0 Å². The van der Waals surface area contributed by atoms with Crippen LogP contribution in [0.1, 0.15) is 33.6 Å². The first-order valence-corrected chi connectivity index (χ1v) is 5.54. The van der Waals surface area contributed by atoms with E-state index in [0.717, 1.165) is 6.42 Å². The van der Waals surface area contributed by atoms with Crippen LogP contribution in [-0.2, 0) is 9.53 Å². The van der Waals surface area contributed by atoms with E-state index in [1.165, 1.54) is 0 Å². The van der Waals surface area contributed by atoms with Gasteiger partial charge in [0.15, 0.2) is 0 Å². The van der Waals surface area contributed by atoms with Crippen molar-refractivity contribution >= 4 is 29.2 Å². The van der Waals surface area contributed by atoms with Crippen molar-refractivity contribution in [1.82, 2.24) is 0 Å². The lowest BCUT2D eigenvalue weighted by molar-refractivity contribution is -0.147. The Kier molecular flexibility index (Phi) is 1.95. The van der Waals surface area contributed by atoms with Crippen LogP contribution in [0.15, 0.2) is 0 Å². The van der Waals surface area contributed by atoms with Crippen molar-refractivity contribution in [2.45, 2.75) is 43.5 Å². The first-order chi connectivity index (χ1) is 6.19. The van der Waals surface area contributed by atoms with Gasteiger partial charge >= 0.3 is 5.97 Å². The molecule has 0 amide bonds. The van der Waals surface area contributed by atoms with Gasteiger partial charge in [-0.1, -0.05) is 6.92 Å². The van der Waals surface area contributed by atoms with E-state index in [-0.39, 0.29) is 17.3 Å². The van der Waals surface area contributed by atoms with Crippen LogP contribution in [0.4, 0.5) is 0 Å². The van der Waals surface area contributed by atoms with Gasteiger partial charge < -0.3 is 4.74 Å². The zero-order valence-corrected chi connectivity index (χ0v) is 10.1. The minimum Gasteiger partial charge on any atom is -0.459 e. The highest BCUT2D eigenvalue weighted by Gasteiger charge is 2.71. The van der Waals surface area contributed by atoms with Gasteiger partial charge in [-0.15, -0.1) is 23.2 Å². The molecule has 80 valence electrons. The SMILES string of the molecule is CC1(C)OC(=O)CC1C1(C)CC1(Cl)Cl. The molecule has 1 saturated carbocycles. The Morgan fingerprint density at radius 3 is 2.14 bits per heavy atom. The van der Waals surface area contributed by atoms with Gasteiger partial charge in [0.25, 0.3) is 0 Å². The molecule has 4 heteroatoms. The monoisotopic (exact) mass is 236 g/mol. The topological polar surface area (TPSA) is 26.3 Å². The number of hydrogen-bond donors (Lipinski definition) is 0. The summed E-state index contributed by atoms with van der Waals surface area (Å²) < 4.78 is 4.59. The number of alkyl halides is 2. The molecule has 1 aliphatic carbocycles. The molecule has 2 nitrogen and oxygen atoms in total. The van der Waals surface area contributed by atoms with Gasteiger partial charge in [0, 0.05) is 11.3 Å². The maximum Gasteiger partial charge on any atom is 0.306 e. The van der Waals surface area contributed by atoms with Crippen LogP contribution in [0.3, 0.4) is 0 Å². The van der Waals surface area contributed by atoms with Crippen molar-refractivity contribution in [3.05, 3.63) is 0 Å². The van der Waals surface area contributed by atoms with Crippen LogP contribution in [-0.4, -0.2) is 15.9 Å². The van der Waals surface area contributed by atoms with Crippen LogP contribution < -0.4 is 0 Å². The minimum atomic E-state index is -0.678. The van der Waals surface area contributed by atoms with Crippen molar-refractivity contribution in [2.75, 3.05) is 0 Å². The van der Waals surface area contributed by atoms with E-state index in [1.807, 2.05) is 20.8 Å². The van der Waals surface area contributed by atoms with E-state index in [4.69, 9.17) is 27.9 Å². The third-order valence-electron chi connectivity index (χ3n) is 3.66. The molecule has 2 rings (SSSR count). The van der Waals surface area contributed by atoms with Crippen LogP contribution in [0, 0.1) is 11.3 Å². The van der Waals surface area contributed by atoms with Gasteiger partial charge in [-0.3, -0.25) is 4.79 Å². The summed E-state index contributed by atoms with van der Waals surface area (Å²) in [7, 11) is 0. The predicted octanol–water partition coefficient (Wildman–Crippen LogP) is 2.91. The molecule has 1 heterocycles. The fourth-order valence-corrected chi connectivity index (χ4v) is 3.42. The largest absolute Gasteiger partial charge is 0.459 e.